The molecule has 0 spiro atoms. The number of amides is 1. The summed E-state index contributed by atoms with van der Waals surface area (Å²) in [4.78, 5) is 30.6. The van der Waals surface area contributed by atoms with Gasteiger partial charge in [0.25, 0.3) is 5.56 Å². The SMILES string of the molecule is COCCS(=O)(=O)N1CCN(C(=O)Cc2nc(C)n(C)c(=O)c2C)CC1. The van der Waals surface area contributed by atoms with Gasteiger partial charge < -0.3 is 9.64 Å². The normalized spacial score (nSPS) is 16.1. The molecule has 0 saturated carbocycles. The first-order chi connectivity index (χ1) is 12.2. The Hall–Kier alpha value is -1.78. The molecule has 1 aliphatic heterocycles. The van der Waals surface area contributed by atoms with Crippen LogP contribution >= 0.6 is 0 Å². The second-order valence-corrected chi connectivity index (χ2v) is 8.45. The van der Waals surface area contributed by atoms with Crippen molar-refractivity contribution in [3.05, 3.63) is 27.4 Å². The molecule has 1 fully saturated rings. The van der Waals surface area contributed by atoms with Gasteiger partial charge in [0.05, 0.1) is 24.5 Å². The van der Waals surface area contributed by atoms with Crippen molar-refractivity contribution < 1.29 is 17.9 Å². The number of rotatable bonds is 6. The quantitative estimate of drug-likeness (QED) is 0.625. The zero-order valence-electron chi connectivity index (χ0n) is 15.7. The number of aromatic nitrogens is 2. The molecule has 2 heterocycles. The zero-order chi connectivity index (χ0) is 19.5. The molecular weight excluding hydrogens is 360 g/mol. The lowest BCUT2D eigenvalue weighted by molar-refractivity contribution is -0.131. The van der Waals surface area contributed by atoms with E-state index in [1.165, 1.54) is 16.0 Å². The highest BCUT2D eigenvalue weighted by Gasteiger charge is 2.29. The fraction of sp³-hybridized carbons (Fsp3) is 0.688. The van der Waals surface area contributed by atoms with Crippen molar-refractivity contribution in [2.24, 2.45) is 7.05 Å². The number of methoxy groups -OCH3 is 1. The molecule has 10 heteroatoms. The van der Waals surface area contributed by atoms with Gasteiger partial charge in [-0.25, -0.2) is 13.4 Å². The Morgan fingerprint density at radius 2 is 1.81 bits per heavy atom. The number of hydrogen-bond donors (Lipinski definition) is 0. The third kappa shape index (κ3) is 4.49. The first kappa shape index (κ1) is 20.5. The Kier molecular flexibility index (Phi) is 6.53. The smallest absolute Gasteiger partial charge is 0.256 e. The minimum absolute atomic E-state index is 0.0409. The molecular formula is C16H26N4O5S. The number of piperazine rings is 1. The minimum atomic E-state index is -3.36. The lowest BCUT2D eigenvalue weighted by atomic mass is 10.1. The molecule has 0 atom stereocenters. The van der Waals surface area contributed by atoms with Gasteiger partial charge in [0.1, 0.15) is 5.82 Å². The molecule has 1 aliphatic rings. The summed E-state index contributed by atoms with van der Waals surface area (Å²) in [6.45, 7) is 4.71. The van der Waals surface area contributed by atoms with Gasteiger partial charge in [-0.15, -0.1) is 0 Å². The molecule has 1 aromatic rings. The average molecular weight is 386 g/mol. The van der Waals surface area contributed by atoms with Crippen molar-refractivity contribution in [3.63, 3.8) is 0 Å². The van der Waals surface area contributed by atoms with E-state index in [-0.39, 0.29) is 43.3 Å². The van der Waals surface area contributed by atoms with Gasteiger partial charge in [0.15, 0.2) is 0 Å². The van der Waals surface area contributed by atoms with Crippen molar-refractivity contribution in [2.45, 2.75) is 20.3 Å². The van der Waals surface area contributed by atoms with Gasteiger partial charge in [-0.05, 0) is 13.8 Å². The van der Waals surface area contributed by atoms with Crippen molar-refractivity contribution in [1.82, 2.24) is 18.8 Å². The van der Waals surface area contributed by atoms with Crippen molar-refractivity contribution in [1.29, 1.82) is 0 Å². The topological polar surface area (TPSA) is 102 Å². The maximum Gasteiger partial charge on any atom is 0.256 e. The van der Waals surface area contributed by atoms with Crippen LogP contribution in [-0.4, -0.2) is 78.7 Å². The first-order valence-electron chi connectivity index (χ1n) is 8.45. The van der Waals surface area contributed by atoms with Crippen LogP contribution in [0, 0.1) is 13.8 Å². The minimum Gasteiger partial charge on any atom is -0.384 e. The van der Waals surface area contributed by atoms with Crippen molar-refractivity contribution in [3.8, 4) is 0 Å². The van der Waals surface area contributed by atoms with Crippen LogP contribution in [0.3, 0.4) is 0 Å². The highest BCUT2D eigenvalue weighted by molar-refractivity contribution is 7.89. The number of carbonyl (C=O) groups excluding carboxylic acids is 1. The third-order valence-electron chi connectivity index (χ3n) is 4.69. The van der Waals surface area contributed by atoms with E-state index in [1.807, 2.05) is 0 Å². The van der Waals surface area contributed by atoms with E-state index >= 15 is 0 Å². The standard InChI is InChI=1S/C16H26N4O5S/c1-12-14(17-13(2)18(3)16(12)22)11-15(21)19-5-7-20(8-6-19)26(23,24)10-9-25-4/h5-11H2,1-4H3. The summed E-state index contributed by atoms with van der Waals surface area (Å²) in [5.74, 6) is 0.340. The molecule has 1 saturated heterocycles. The Morgan fingerprint density at radius 3 is 2.38 bits per heavy atom. The van der Waals surface area contributed by atoms with Gasteiger partial charge in [-0.3, -0.25) is 14.2 Å². The molecule has 0 unspecified atom stereocenters. The predicted octanol–water partition coefficient (Wildman–Crippen LogP) is -0.940. The largest absolute Gasteiger partial charge is 0.384 e. The molecule has 1 aromatic heterocycles. The second kappa shape index (κ2) is 8.28. The van der Waals surface area contributed by atoms with Gasteiger partial charge >= 0.3 is 0 Å². The number of ether oxygens (including phenoxy) is 1. The molecule has 2 rings (SSSR count). The van der Waals surface area contributed by atoms with Crippen LogP contribution in [0.5, 0.6) is 0 Å². The third-order valence-corrected chi connectivity index (χ3v) is 6.52. The molecule has 1 amide bonds. The van der Waals surface area contributed by atoms with E-state index in [0.29, 0.717) is 30.2 Å². The van der Waals surface area contributed by atoms with E-state index in [0.717, 1.165) is 0 Å². The van der Waals surface area contributed by atoms with Gasteiger partial charge in [0, 0.05) is 45.9 Å². The molecule has 0 aliphatic carbocycles. The summed E-state index contributed by atoms with van der Waals surface area (Å²) in [5.41, 5.74) is 0.785. The van der Waals surface area contributed by atoms with Crippen molar-refractivity contribution >= 4 is 15.9 Å². The van der Waals surface area contributed by atoms with E-state index < -0.39 is 10.0 Å². The summed E-state index contributed by atoms with van der Waals surface area (Å²) < 4.78 is 32.0. The monoisotopic (exact) mass is 386 g/mol. The van der Waals surface area contributed by atoms with Gasteiger partial charge in [-0.1, -0.05) is 0 Å². The van der Waals surface area contributed by atoms with E-state index in [2.05, 4.69) is 4.98 Å². The predicted molar refractivity (Wildman–Crippen MR) is 96.5 cm³/mol. The van der Waals surface area contributed by atoms with E-state index in [9.17, 15) is 18.0 Å². The number of sulfonamides is 1. The number of hydrogen-bond acceptors (Lipinski definition) is 6. The Balaban J connectivity index is 2.00. The van der Waals surface area contributed by atoms with Crippen LogP contribution < -0.4 is 5.56 Å². The average Bonchev–Trinajstić information content (AvgIpc) is 2.62. The Morgan fingerprint density at radius 1 is 1.19 bits per heavy atom. The summed E-state index contributed by atoms with van der Waals surface area (Å²) in [6.07, 6.45) is 0.0409. The molecule has 0 bridgehead atoms. The highest BCUT2D eigenvalue weighted by atomic mass is 32.2. The Bertz CT molecular complexity index is 826. The van der Waals surface area contributed by atoms with Crippen LogP contribution in [0.4, 0.5) is 0 Å². The van der Waals surface area contributed by atoms with Crippen LogP contribution in [-0.2, 0) is 33.0 Å². The molecule has 0 radical (unpaired) electrons. The zero-order valence-corrected chi connectivity index (χ0v) is 16.5. The lowest BCUT2D eigenvalue weighted by Gasteiger charge is -2.34. The summed E-state index contributed by atoms with van der Waals surface area (Å²) >= 11 is 0. The molecule has 146 valence electrons. The number of aryl methyl sites for hydroxylation is 1. The lowest BCUT2D eigenvalue weighted by Crippen LogP contribution is -2.51. The van der Waals surface area contributed by atoms with E-state index in [4.69, 9.17) is 4.74 Å². The van der Waals surface area contributed by atoms with Crippen LogP contribution in [0.15, 0.2) is 4.79 Å². The fourth-order valence-electron chi connectivity index (χ4n) is 2.84. The molecule has 0 aromatic carbocycles. The highest BCUT2D eigenvalue weighted by Crippen LogP contribution is 2.11. The number of carbonyl (C=O) groups is 1. The van der Waals surface area contributed by atoms with Crippen LogP contribution in [0.25, 0.3) is 0 Å². The molecule has 26 heavy (non-hydrogen) atoms. The maximum absolute atomic E-state index is 12.5. The number of nitrogens with zero attached hydrogens (tertiary/aromatic N) is 4. The molecule has 0 N–H and O–H groups in total. The van der Waals surface area contributed by atoms with Crippen LogP contribution in [0.2, 0.25) is 0 Å². The maximum atomic E-state index is 12.5. The van der Waals surface area contributed by atoms with Crippen molar-refractivity contribution in [2.75, 3.05) is 45.6 Å². The Labute approximate surface area is 153 Å². The summed E-state index contributed by atoms with van der Waals surface area (Å²) in [6, 6.07) is 0. The first-order valence-corrected chi connectivity index (χ1v) is 10.1. The van der Waals surface area contributed by atoms with Crippen LogP contribution in [0.1, 0.15) is 17.1 Å². The second-order valence-electron chi connectivity index (χ2n) is 6.36. The fourth-order valence-corrected chi connectivity index (χ4v) is 4.19. The van der Waals surface area contributed by atoms with Gasteiger partial charge in [0.2, 0.25) is 15.9 Å². The molecule has 9 nitrogen and oxygen atoms in total. The summed E-state index contributed by atoms with van der Waals surface area (Å²) in [5, 5.41) is 0. The van der Waals surface area contributed by atoms with E-state index in [1.54, 1.807) is 25.8 Å². The summed E-state index contributed by atoms with van der Waals surface area (Å²) in [7, 11) is -0.258. The van der Waals surface area contributed by atoms with Gasteiger partial charge in [-0.2, -0.15) is 4.31 Å².